The summed E-state index contributed by atoms with van der Waals surface area (Å²) in [6.07, 6.45) is 0. The fraction of sp³-hybridized carbons (Fsp3) is 0.190. The second-order valence-electron chi connectivity index (χ2n) is 6.75. The van der Waals surface area contributed by atoms with Crippen LogP contribution in [0, 0.1) is 6.92 Å². The molecule has 4 rings (SSSR count). The molecular formula is C21H21N5O2. The topological polar surface area (TPSA) is 86.9 Å². The van der Waals surface area contributed by atoms with Crippen molar-refractivity contribution in [3.8, 4) is 5.75 Å². The highest BCUT2D eigenvalue weighted by Gasteiger charge is 2.17. The predicted octanol–water partition coefficient (Wildman–Crippen LogP) is 3.45. The van der Waals surface area contributed by atoms with Gasteiger partial charge in [0.1, 0.15) is 18.2 Å². The van der Waals surface area contributed by atoms with Crippen LogP contribution in [0.3, 0.4) is 0 Å². The summed E-state index contributed by atoms with van der Waals surface area (Å²) in [5.74, 6) is 1.32. The van der Waals surface area contributed by atoms with E-state index >= 15 is 0 Å². The lowest BCUT2D eigenvalue weighted by Gasteiger charge is -2.13. The van der Waals surface area contributed by atoms with Gasteiger partial charge in [0.15, 0.2) is 5.69 Å². The number of fused-ring (bicyclic) bond motifs is 1. The number of amides is 1. The molecule has 0 fully saturated rings. The summed E-state index contributed by atoms with van der Waals surface area (Å²) in [5.41, 5.74) is 4.10. The van der Waals surface area contributed by atoms with Crippen LogP contribution in [0.15, 0.2) is 54.6 Å². The van der Waals surface area contributed by atoms with Gasteiger partial charge in [0.25, 0.3) is 5.91 Å². The van der Waals surface area contributed by atoms with Crippen LogP contribution in [0.5, 0.6) is 5.75 Å². The molecule has 0 bridgehead atoms. The Kier molecular flexibility index (Phi) is 4.80. The Morgan fingerprint density at radius 3 is 2.79 bits per heavy atom. The number of aromatic amines is 2. The van der Waals surface area contributed by atoms with E-state index in [9.17, 15) is 4.79 Å². The molecule has 142 valence electrons. The third-order valence-corrected chi connectivity index (χ3v) is 4.41. The van der Waals surface area contributed by atoms with E-state index in [1.165, 1.54) is 0 Å². The van der Waals surface area contributed by atoms with Crippen LogP contribution in [-0.2, 0) is 13.2 Å². The van der Waals surface area contributed by atoms with Gasteiger partial charge in [-0.1, -0.05) is 24.3 Å². The number of ether oxygens (including phenoxy) is 1. The molecule has 4 aromatic rings. The van der Waals surface area contributed by atoms with Crippen molar-refractivity contribution >= 4 is 16.9 Å². The molecule has 0 aliphatic carbocycles. The Balaban J connectivity index is 1.40. The highest BCUT2D eigenvalue weighted by Crippen LogP contribution is 2.15. The smallest absolute Gasteiger partial charge is 0.274 e. The summed E-state index contributed by atoms with van der Waals surface area (Å²) >= 11 is 0. The molecular weight excluding hydrogens is 354 g/mol. The van der Waals surface area contributed by atoms with Crippen molar-refractivity contribution in [2.24, 2.45) is 0 Å². The Bertz CT molecular complexity index is 1100. The molecule has 0 saturated heterocycles. The van der Waals surface area contributed by atoms with E-state index in [-0.39, 0.29) is 5.91 Å². The SMILES string of the molecule is Cc1ccc2nc(CN(C)C(=O)c3cc(COc4ccccc4)[nH]n3)[nH]c2c1. The fourth-order valence-electron chi connectivity index (χ4n) is 2.97. The molecule has 1 amide bonds. The Morgan fingerprint density at radius 1 is 1.14 bits per heavy atom. The standard InChI is InChI=1S/C21H21N5O2/c1-14-8-9-17-18(10-14)23-20(22-17)12-26(2)21(27)19-11-15(24-25-19)13-28-16-6-4-3-5-7-16/h3-11H,12-13H2,1-2H3,(H,22,23)(H,24,25). The molecule has 0 saturated carbocycles. The Labute approximate surface area is 162 Å². The van der Waals surface area contributed by atoms with Crippen LogP contribution in [0.2, 0.25) is 0 Å². The van der Waals surface area contributed by atoms with E-state index in [4.69, 9.17) is 4.74 Å². The van der Waals surface area contributed by atoms with E-state index in [1.807, 2.05) is 55.5 Å². The van der Waals surface area contributed by atoms with Crippen molar-refractivity contribution in [3.05, 3.63) is 77.4 Å². The van der Waals surface area contributed by atoms with Crippen molar-refractivity contribution < 1.29 is 9.53 Å². The Morgan fingerprint density at radius 2 is 1.96 bits per heavy atom. The zero-order valence-corrected chi connectivity index (χ0v) is 15.8. The van der Waals surface area contributed by atoms with Gasteiger partial charge in [-0.15, -0.1) is 0 Å². The molecule has 7 heteroatoms. The normalized spacial score (nSPS) is 10.9. The average molecular weight is 375 g/mol. The summed E-state index contributed by atoms with van der Waals surface area (Å²) in [7, 11) is 1.73. The highest BCUT2D eigenvalue weighted by atomic mass is 16.5. The lowest BCUT2D eigenvalue weighted by Crippen LogP contribution is -2.27. The van der Waals surface area contributed by atoms with Crippen molar-refractivity contribution in [2.45, 2.75) is 20.1 Å². The number of aromatic nitrogens is 4. The minimum Gasteiger partial charge on any atom is -0.487 e. The zero-order valence-electron chi connectivity index (χ0n) is 15.8. The lowest BCUT2D eigenvalue weighted by atomic mass is 10.2. The van der Waals surface area contributed by atoms with Gasteiger partial charge in [-0.3, -0.25) is 9.89 Å². The van der Waals surface area contributed by atoms with Crippen LogP contribution < -0.4 is 4.74 Å². The number of rotatable bonds is 6. The molecule has 2 heterocycles. The summed E-state index contributed by atoms with van der Waals surface area (Å²) in [4.78, 5) is 22.1. The highest BCUT2D eigenvalue weighted by molar-refractivity contribution is 5.92. The first-order valence-electron chi connectivity index (χ1n) is 9.01. The number of hydrogen-bond donors (Lipinski definition) is 2. The quantitative estimate of drug-likeness (QED) is 0.540. The minimum atomic E-state index is -0.182. The van der Waals surface area contributed by atoms with Gasteiger partial charge in [-0.05, 0) is 42.8 Å². The van der Waals surface area contributed by atoms with Crippen LogP contribution in [-0.4, -0.2) is 38.0 Å². The number of para-hydroxylation sites is 1. The molecule has 7 nitrogen and oxygen atoms in total. The molecule has 28 heavy (non-hydrogen) atoms. The van der Waals surface area contributed by atoms with Crippen molar-refractivity contribution in [1.29, 1.82) is 0 Å². The van der Waals surface area contributed by atoms with Gasteiger partial charge >= 0.3 is 0 Å². The summed E-state index contributed by atoms with van der Waals surface area (Å²) in [6, 6.07) is 17.3. The van der Waals surface area contributed by atoms with Gasteiger partial charge in [-0.2, -0.15) is 5.10 Å². The molecule has 0 aliphatic heterocycles. The second-order valence-corrected chi connectivity index (χ2v) is 6.75. The van der Waals surface area contributed by atoms with Gasteiger partial charge in [0, 0.05) is 7.05 Å². The van der Waals surface area contributed by atoms with E-state index < -0.39 is 0 Å². The van der Waals surface area contributed by atoms with E-state index in [1.54, 1.807) is 18.0 Å². The molecule has 0 spiro atoms. The molecule has 0 aliphatic rings. The number of benzene rings is 2. The second kappa shape index (κ2) is 7.56. The maximum atomic E-state index is 12.7. The van der Waals surface area contributed by atoms with Crippen LogP contribution in [0.1, 0.15) is 27.6 Å². The summed E-state index contributed by atoms with van der Waals surface area (Å²) < 4.78 is 5.67. The third kappa shape index (κ3) is 3.88. The molecule has 0 unspecified atom stereocenters. The van der Waals surface area contributed by atoms with Gasteiger partial charge in [0.05, 0.1) is 23.3 Å². The van der Waals surface area contributed by atoms with Gasteiger partial charge < -0.3 is 14.6 Å². The van der Waals surface area contributed by atoms with Gasteiger partial charge in [0.2, 0.25) is 0 Å². The first kappa shape index (κ1) is 17.8. The van der Waals surface area contributed by atoms with Crippen molar-refractivity contribution in [3.63, 3.8) is 0 Å². The third-order valence-electron chi connectivity index (χ3n) is 4.41. The van der Waals surface area contributed by atoms with E-state index in [0.717, 1.165) is 33.9 Å². The van der Waals surface area contributed by atoms with Crippen LogP contribution >= 0.6 is 0 Å². The molecule has 0 radical (unpaired) electrons. The number of aryl methyl sites for hydroxylation is 1. The predicted molar refractivity (Wildman–Crippen MR) is 106 cm³/mol. The minimum absolute atomic E-state index is 0.182. The van der Waals surface area contributed by atoms with E-state index in [0.29, 0.717) is 18.8 Å². The maximum Gasteiger partial charge on any atom is 0.274 e. The Hall–Kier alpha value is -3.61. The number of carbonyl (C=O) groups excluding carboxylic acids is 1. The number of nitrogens with one attached hydrogen (secondary N) is 2. The number of hydrogen-bond acceptors (Lipinski definition) is 4. The first-order chi connectivity index (χ1) is 13.6. The fourth-order valence-corrected chi connectivity index (χ4v) is 2.97. The number of H-pyrrole nitrogens is 2. The molecule has 2 aromatic carbocycles. The first-order valence-corrected chi connectivity index (χ1v) is 9.01. The monoisotopic (exact) mass is 375 g/mol. The maximum absolute atomic E-state index is 12.7. The van der Waals surface area contributed by atoms with Crippen LogP contribution in [0.25, 0.3) is 11.0 Å². The van der Waals surface area contributed by atoms with Crippen molar-refractivity contribution in [2.75, 3.05) is 7.05 Å². The van der Waals surface area contributed by atoms with E-state index in [2.05, 4.69) is 20.2 Å². The molecule has 2 N–H and O–H groups in total. The largest absolute Gasteiger partial charge is 0.487 e. The molecule has 2 aromatic heterocycles. The molecule has 0 atom stereocenters. The summed E-state index contributed by atoms with van der Waals surface area (Å²) in [5, 5.41) is 6.98. The number of nitrogens with zero attached hydrogens (tertiary/aromatic N) is 3. The number of imidazole rings is 1. The number of carbonyl (C=O) groups is 1. The average Bonchev–Trinajstić information content (AvgIpc) is 3.32. The van der Waals surface area contributed by atoms with Crippen molar-refractivity contribution in [1.82, 2.24) is 25.1 Å². The van der Waals surface area contributed by atoms with Gasteiger partial charge in [-0.25, -0.2) is 4.98 Å². The lowest BCUT2D eigenvalue weighted by molar-refractivity contribution is 0.0776. The zero-order chi connectivity index (χ0) is 19.5. The summed E-state index contributed by atoms with van der Waals surface area (Å²) in [6.45, 7) is 2.72. The van der Waals surface area contributed by atoms with Crippen LogP contribution in [0.4, 0.5) is 0 Å².